The zero-order valence-electron chi connectivity index (χ0n) is 15.7. The number of halogens is 2. The molecule has 3 aromatic heterocycles. The number of carbonyl (C=O) groups is 1. The number of nitrogens with one attached hydrogen (secondary N) is 1. The van der Waals surface area contributed by atoms with E-state index in [9.17, 15) is 9.18 Å². The van der Waals surface area contributed by atoms with Gasteiger partial charge in [0.2, 0.25) is 0 Å². The predicted octanol–water partition coefficient (Wildman–Crippen LogP) is 4.42. The smallest absolute Gasteiger partial charge is 0.267 e. The molecule has 0 bridgehead atoms. The van der Waals surface area contributed by atoms with E-state index in [1.165, 1.54) is 13.1 Å². The fourth-order valence-corrected chi connectivity index (χ4v) is 2.56. The van der Waals surface area contributed by atoms with Crippen molar-refractivity contribution in [1.29, 1.82) is 0 Å². The number of aromatic nitrogens is 3. The first-order valence-corrected chi connectivity index (χ1v) is 9.09. The average molecular weight is 414 g/mol. The molecule has 3 heterocycles. The van der Waals surface area contributed by atoms with Crippen LogP contribution in [0.1, 0.15) is 34.8 Å². The molecule has 0 radical (unpaired) electrons. The summed E-state index contributed by atoms with van der Waals surface area (Å²) in [6.07, 6.45) is 6.05. The van der Waals surface area contributed by atoms with Gasteiger partial charge in [-0.15, -0.1) is 0 Å². The molecule has 0 saturated heterocycles. The molecule has 0 aliphatic heterocycles. The van der Waals surface area contributed by atoms with E-state index in [1.54, 1.807) is 36.7 Å². The second kappa shape index (κ2) is 9.20. The monoisotopic (exact) mass is 413 g/mol. The summed E-state index contributed by atoms with van der Waals surface area (Å²) < 4.78 is 13.6. The number of hydrogen-bond acceptors (Lipinski definition) is 6. The van der Waals surface area contributed by atoms with E-state index in [0.717, 1.165) is 6.20 Å². The number of pyridine rings is 3. The van der Waals surface area contributed by atoms with E-state index in [4.69, 9.17) is 16.4 Å². The second-order valence-electron chi connectivity index (χ2n) is 5.95. The van der Waals surface area contributed by atoms with Crippen molar-refractivity contribution < 1.29 is 14.0 Å². The molecule has 0 saturated carbocycles. The highest BCUT2D eigenvalue weighted by atomic mass is 35.5. The number of rotatable bonds is 6. The van der Waals surface area contributed by atoms with E-state index in [1.807, 2.05) is 6.92 Å². The van der Waals surface area contributed by atoms with Gasteiger partial charge in [0, 0.05) is 29.7 Å². The Labute approximate surface area is 171 Å². The van der Waals surface area contributed by atoms with Crippen molar-refractivity contribution in [3.63, 3.8) is 0 Å². The topological polar surface area (TPSA) is 89.4 Å². The van der Waals surface area contributed by atoms with Gasteiger partial charge in [-0.2, -0.15) is 0 Å². The van der Waals surface area contributed by atoms with Crippen molar-refractivity contribution >= 4 is 29.0 Å². The molecule has 0 aliphatic rings. The van der Waals surface area contributed by atoms with Crippen LogP contribution in [0.4, 0.5) is 10.2 Å². The van der Waals surface area contributed by atoms with Crippen molar-refractivity contribution in [3.05, 3.63) is 76.6 Å². The fraction of sp³-hybridized carbons (Fsp3) is 0.150. The van der Waals surface area contributed by atoms with Crippen LogP contribution in [0.15, 0.2) is 54.2 Å². The molecule has 3 rings (SSSR count). The van der Waals surface area contributed by atoms with Gasteiger partial charge in [0.15, 0.2) is 0 Å². The van der Waals surface area contributed by atoms with Gasteiger partial charge in [-0.3, -0.25) is 9.78 Å². The molecule has 0 unspecified atom stereocenters. The van der Waals surface area contributed by atoms with Gasteiger partial charge in [-0.05, 0) is 37.6 Å². The van der Waals surface area contributed by atoms with Gasteiger partial charge in [0.05, 0.1) is 17.5 Å². The zero-order chi connectivity index (χ0) is 20.8. The Morgan fingerprint density at radius 3 is 2.76 bits per heavy atom. The van der Waals surface area contributed by atoms with E-state index in [-0.39, 0.29) is 17.0 Å². The minimum absolute atomic E-state index is 0.146. The van der Waals surface area contributed by atoms with Crippen LogP contribution in [0.25, 0.3) is 0 Å². The summed E-state index contributed by atoms with van der Waals surface area (Å²) in [7, 11) is 0. The number of anilines is 1. The van der Waals surface area contributed by atoms with Crippen molar-refractivity contribution in [3.8, 4) is 5.88 Å². The van der Waals surface area contributed by atoms with Crippen LogP contribution in [0.3, 0.4) is 0 Å². The maximum atomic E-state index is 13.6. The van der Waals surface area contributed by atoms with E-state index >= 15 is 0 Å². The van der Waals surface area contributed by atoms with Crippen LogP contribution in [0, 0.1) is 12.7 Å². The second-order valence-corrected chi connectivity index (χ2v) is 6.36. The molecule has 1 amide bonds. The van der Waals surface area contributed by atoms with Crippen molar-refractivity contribution in [2.75, 3.05) is 5.32 Å². The van der Waals surface area contributed by atoms with Gasteiger partial charge in [-0.1, -0.05) is 23.7 Å². The van der Waals surface area contributed by atoms with E-state index in [0.29, 0.717) is 28.5 Å². The Balaban J connectivity index is 1.73. The number of nitrogens with zero attached hydrogens (tertiary/aromatic N) is 4. The first-order chi connectivity index (χ1) is 14.0. The maximum absolute atomic E-state index is 13.6. The van der Waals surface area contributed by atoms with Gasteiger partial charge in [0.1, 0.15) is 16.7 Å². The standard InChI is InChI=1S/C20H17ClFN5O2/c1-3-17(27-29-20-15(21)5-4-8-24-20)13-6-7-18(25-9-13)26-19(28)14-10-23-11-16(22)12(14)2/h4-11H,3H2,1-2H3,(H,25,26,28)/b27-17+. The molecule has 1 N–H and O–H groups in total. The molecular formula is C20H17ClFN5O2. The van der Waals surface area contributed by atoms with Gasteiger partial charge < -0.3 is 10.2 Å². The zero-order valence-corrected chi connectivity index (χ0v) is 16.4. The summed E-state index contributed by atoms with van der Waals surface area (Å²) in [5.41, 5.74) is 1.70. The number of carbonyl (C=O) groups excluding carboxylic acids is 1. The van der Waals surface area contributed by atoms with Crippen molar-refractivity contribution in [1.82, 2.24) is 15.0 Å². The lowest BCUT2D eigenvalue weighted by Crippen LogP contribution is -2.15. The molecule has 0 atom stereocenters. The van der Waals surface area contributed by atoms with Crippen LogP contribution in [0.5, 0.6) is 5.88 Å². The largest absolute Gasteiger partial charge is 0.335 e. The minimum atomic E-state index is -0.544. The molecule has 7 nitrogen and oxygen atoms in total. The number of amides is 1. The van der Waals surface area contributed by atoms with Gasteiger partial charge in [-0.25, -0.2) is 14.4 Å². The lowest BCUT2D eigenvalue weighted by molar-refractivity contribution is 0.102. The van der Waals surface area contributed by atoms with E-state index < -0.39 is 11.7 Å². The molecule has 148 valence electrons. The van der Waals surface area contributed by atoms with Crippen molar-refractivity contribution in [2.24, 2.45) is 5.16 Å². The van der Waals surface area contributed by atoms with Crippen molar-refractivity contribution in [2.45, 2.75) is 20.3 Å². The van der Waals surface area contributed by atoms with E-state index in [2.05, 4.69) is 25.4 Å². The highest BCUT2D eigenvalue weighted by Crippen LogP contribution is 2.20. The van der Waals surface area contributed by atoms with Gasteiger partial charge in [0.25, 0.3) is 11.8 Å². The lowest BCUT2D eigenvalue weighted by Gasteiger charge is -2.08. The molecule has 0 aromatic carbocycles. The summed E-state index contributed by atoms with van der Waals surface area (Å²) in [4.78, 5) is 29.6. The third-order valence-electron chi connectivity index (χ3n) is 4.04. The Morgan fingerprint density at radius 1 is 1.24 bits per heavy atom. The third-order valence-corrected chi connectivity index (χ3v) is 4.33. The summed E-state index contributed by atoms with van der Waals surface area (Å²) >= 11 is 6.00. The van der Waals surface area contributed by atoms with Crippen LogP contribution in [0.2, 0.25) is 5.02 Å². The first kappa shape index (κ1) is 20.3. The maximum Gasteiger partial charge on any atom is 0.267 e. The molecule has 9 heteroatoms. The molecule has 0 aliphatic carbocycles. The lowest BCUT2D eigenvalue weighted by atomic mass is 10.1. The quantitative estimate of drug-likeness (QED) is 0.477. The fourth-order valence-electron chi connectivity index (χ4n) is 2.41. The van der Waals surface area contributed by atoms with Crippen LogP contribution < -0.4 is 10.2 Å². The Morgan fingerprint density at radius 2 is 2.07 bits per heavy atom. The Hall–Kier alpha value is -3.39. The Bertz CT molecular complexity index is 1060. The first-order valence-electron chi connectivity index (χ1n) is 8.72. The Kier molecular flexibility index (Phi) is 6.46. The highest BCUT2D eigenvalue weighted by Gasteiger charge is 2.14. The highest BCUT2D eigenvalue weighted by molar-refractivity contribution is 6.31. The molecule has 29 heavy (non-hydrogen) atoms. The normalized spacial score (nSPS) is 11.2. The van der Waals surface area contributed by atoms with Crippen LogP contribution in [-0.2, 0) is 0 Å². The molecule has 0 spiro atoms. The van der Waals surface area contributed by atoms with Crippen LogP contribution >= 0.6 is 11.6 Å². The molecular weight excluding hydrogens is 397 g/mol. The average Bonchev–Trinajstić information content (AvgIpc) is 2.72. The number of oxime groups is 1. The predicted molar refractivity (Wildman–Crippen MR) is 108 cm³/mol. The van der Waals surface area contributed by atoms with Crippen LogP contribution in [-0.4, -0.2) is 26.6 Å². The van der Waals surface area contributed by atoms with Gasteiger partial charge >= 0.3 is 0 Å². The minimum Gasteiger partial charge on any atom is -0.335 e. The third kappa shape index (κ3) is 4.91. The molecule has 0 fully saturated rings. The summed E-state index contributed by atoms with van der Waals surface area (Å²) in [5, 5.41) is 7.07. The molecule has 3 aromatic rings. The summed E-state index contributed by atoms with van der Waals surface area (Å²) in [5.74, 6) is -0.521. The summed E-state index contributed by atoms with van der Waals surface area (Å²) in [6, 6.07) is 6.71. The SMILES string of the molecule is CC/C(=N\Oc1ncccc1Cl)c1ccc(NC(=O)c2cncc(F)c2C)nc1. The number of hydrogen-bond donors (Lipinski definition) is 1. The summed E-state index contributed by atoms with van der Waals surface area (Å²) in [6.45, 7) is 3.43.